The minimum atomic E-state index is -5.08. The van der Waals surface area contributed by atoms with Gasteiger partial charge in [-0.25, -0.2) is 36.5 Å². The largest absolute Gasteiger partial charge is 0.490 e. The number of aromatic nitrogens is 4. The molecule has 0 saturated carbocycles. The average molecular weight is 579 g/mol. The van der Waals surface area contributed by atoms with Crippen LogP contribution in [-0.2, 0) is 21.4 Å². The van der Waals surface area contributed by atoms with Gasteiger partial charge in [0.05, 0.1) is 11.4 Å². The predicted octanol–water partition coefficient (Wildman–Crippen LogP) is 2.40. The lowest BCUT2D eigenvalue weighted by atomic mass is 10.1. The molecule has 3 aromatic rings. The summed E-state index contributed by atoms with van der Waals surface area (Å²) in [6.45, 7) is 0.867. The molecular formula is C22H23F5N6O5S. The highest BCUT2D eigenvalue weighted by molar-refractivity contribution is 7.89. The molecule has 0 aliphatic heterocycles. The van der Waals surface area contributed by atoms with E-state index in [0.717, 1.165) is 13.6 Å². The monoisotopic (exact) mass is 578 g/mol. The number of halogens is 5. The van der Waals surface area contributed by atoms with Crippen molar-refractivity contribution in [3.05, 3.63) is 70.6 Å². The third-order valence-electron chi connectivity index (χ3n) is 5.07. The van der Waals surface area contributed by atoms with E-state index in [2.05, 4.69) is 10.1 Å². The Morgan fingerprint density at radius 3 is 2.26 bits per heavy atom. The van der Waals surface area contributed by atoms with Gasteiger partial charge in [0, 0.05) is 43.5 Å². The van der Waals surface area contributed by atoms with Crippen LogP contribution in [0.2, 0.25) is 0 Å². The van der Waals surface area contributed by atoms with Crippen LogP contribution in [0.15, 0.2) is 64.2 Å². The smallest absolute Gasteiger partial charge is 0.475 e. The Morgan fingerprint density at radius 2 is 1.77 bits per heavy atom. The van der Waals surface area contributed by atoms with Crippen molar-refractivity contribution in [3.8, 4) is 16.9 Å². The maximum Gasteiger partial charge on any atom is 0.490 e. The number of pyridine rings is 1. The van der Waals surface area contributed by atoms with E-state index in [1.54, 1.807) is 31.2 Å². The summed E-state index contributed by atoms with van der Waals surface area (Å²) in [5, 5.41) is 11.0. The normalized spacial score (nSPS) is 11.6. The molecule has 3 rings (SSSR count). The van der Waals surface area contributed by atoms with Crippen LogP contribution in [0.4, 0.5) is 22.0 Å². The number of hydrogen-bond acceptors (Lipinski definition) is 7. The Balaban J connectivity index is 0.000000673. The van der Waals surface area contributed by atoms with Gasteiger partial charge in [-0.05, 0) is 24.6 Å². The van der Waals surface area contributed by atoms with Crippen LogP contribution in [0.3, 0.4) is 0 Å². The highest BCUT2D eigenvalue weighted by atomic mass is 32.2. The van der Waals surface area contributed by atoms with Crippen LogP contribution in [0.25, 0.3) is 16.9 Å². The van der Waals surface area contributed by atoms with Gasteiger partial charge in [0.25, 0.3) is 6.08 Å². The summed E-state index contributed by atoms with van der Waals surface area (Å²) >= 11 is 0. The van der Waals surface area contributed by atoms with Crippen LogP contribution in [-0.4, -0.2) is 69.9 Å². The first-order chi connectivity index (χ1) is 18.0. The lowest BCUT2D eigenvalue weighted by Gasteiger charge is -2.16. The summed E-state index contributed by atoms with van der Waals surface area (Å²) in [5.41, 5.74) is 5.82. The molecule has 1 aromatic carbocycles. The Morgan fingerprint density at radius 1 is 1.18 bits per heavy atom. The molecule has 0 aliphatic rings. The van der Waals surface area contributed by atoms with Crippen molar-refractivity contribution in [2.24, 2.45) is 5.73 Å². The lowest BCUT2D eigenvalue weighted by Crippen LogP contribution is -2.27. The molecule has 0 saturated heterocycles. The zero-order chi connectivity index (χ0) is 29.7. The van der Waals surface area contributed by atoms with Gasteiger partial charge in [0.2, 0.25) is 10.0 Å². The van der Waals surface area contributed by atoms with Crippen LogP contribution < -0.4 is 11.4 Å². The molecule has 0 spiro atoms. The van der Waals surface area contributed by atoms with Crippen LogP contribution >= 0.6 is 0 Å². The van der Waals surface area contributed by atoms with E-state index in [-0.39, 0.29) is 10.7 Å². The third kappa shape index (κ3) is 7.33. The predicted molar refractivity (Wildman–Crippen MR) is 129 cm³/mol. The minimum absolute atomic E-state index is 0.123. The van der Waals surface area contributed by atoms with Crippen LogP contribution in [0.1, 0.15) is 5.56 Å². The number of sulfonamides is 1. The first-order valence-electron chi connectivity index (χ1n) is 10.7. The maximum atomic E-state index is 12.9. The number of aryl methyl sites for hydroxylation is 1. The van der Waals surface area contributed by atoms with E-state index in [0.29, 0.717) is 16.7 Å². The minimum Gasteiger partial charge on any atom is -0.475 e. The van der Waals surface area contributed by atoms with Gasteiger partial charge in [0.1, 0.15) is 12.1 Å². The van der Waals surface area contributed by atoms with Gasteiger partial charge in [-0.1, -0.05) is 18.2 Å². The van der Waals surface area contributed by atoms with Crippen molar-refractivity contribution in [1.82, 2.24) is 23.6 Å². The molecule has 0 aliphatic carbocycles. The summed E-state index contributed by atoms with van der Waals surface area (Å²) < 4.78 is 86.0. The van der Waals surface area contributed by atoms with Crippen molar-refractivity contribution >= 4 is 16.0 Å². The molecule has 11 nitrogen and oxygen atoms in total. The number of alkyl halides is 3. The molecule has 39 heavy (non-hydrogen) atoms. The Hall–Kier alpha value is -3.96. The van der Waals surface area contributed by atoms with Gasteiger partial charge in [-0.3, -0.25) is 0 Å². The fourth-order valence-corrected chi connectivity index (χ4v) is 4.17. The van der Waals surface area contributed by atoms with E-state index in [1.165, 1.54) is 32.7 Å². The standard InChI is InChI=1S/C20H22F2N6O3S.C2HF3O2/c1-13-8-14(16-6-4-5-7-17(16)32(30,31)26(2)3)10-24-19(13)27-12-25-28(20(27)29)11-15(9-23)18(21)22;3-2(4,5)1(6)7/h4-8,10,12H,9,11,23H2,1-3H3;(H,6,7). The number of rotatable bonds is 7. The van der Waals surface area contributed by atoms with Gasteiger partial charge in [0.15, 0.2) is 0 Å². The number of benzene rings is 1. The van der Waals surface area contributed by atoms with Gasteiger partial charge < -0.3 is 10.8 Å². The summed E-state index contributed by atoms with van der Waals surface area (Å²) in [6, 6.07) is 8.22. The highest BCUT2D eigenvalue weighted by Gasteiger charge is 2.38. The molecule has 0 radical (unpaired) electrons. The lowest BCUT2D eigenvalue weighted by molar-refractivity contribution is -0.192. The summed E-state index contributed by atoms with van der Waals surface area (Å²) in [6.07, 6.45) is -4.40. The molecule has 2 heterocycles. The molecule has 3 N–H and O–H groups in total. The van der Waals surface area contributed by atoms with Crippen molar-refractivity contribution in [2.75, 3.05) is 20.6 Å². The number of hydrogen-bond donors (Lipinski definition) is 2. The fourth-order valence-electron chi connectivity index (χ4n) is 3.07. The van der Waals surface area contributed by atoms with E-state index in [4.69, 9.17) is 15.6 Å². The van der Waals surface area contributed by atoms with Crippen molar-refractivity contribution < 1.29 is 40.3 Å². The molecule has 0 amide bonds. The molecular weight excluding hydrogens is 555 g/mol. The van der Waals surface area contributed by atoms with Crippen LogP contribution in [0, 0.1) is 6.92 Å². The number of carboxylic acid groups (broad SMARTS) is 1. The maximum absolute atomic E-state index is 12.9. The number of nitrogens with two attached hydrogens (primary N) is 1. The highest BCUT2D eigenvalue weighted by Crippen LogP contribution is 2.29. The molecule has 0 unspecified atom stereocenters. The van der Waals surface area contributed by atoms with E-state index in [9.17, 15) is 35.2 Å². The third-order valence-corrected chi connectivity index (χ3v) is 6.94. The SMILES string of the molecule is Cc1cc(-c2ccccc2S(=O)(=O)N(C)C)cnc1-n1cnn(CC(CN)=C(F)F)c1=O.O=C(O)C(F)(F)F. The molecule has 0 atom stereocenters. The molecule has 17 heteroatoms. The zero-order valence-corrected chi connectivity index (χ0v) is 21.5. The average Bonchev–Trinajstić information content (AvgIpc) is 3.21. The Kier molecular flexibility index (Phi) is 9.83. The number of aliphatic carboxylic acids is 1. The second-order valence-corrected chi connectivity index (χ2v) is 10.1. The van der Waals surface area contributed by atoms with Gasteiger partial charge in [-0.2, -0.15) is 27.1 Å². The van der Waals surface area contributed by atoms with E-state index < -0.39 is 52.6 Å². The molecule has 2 aromatic heterocycles. The summed E-state index contributed by atoms with van der Waals surface area (Å²) in [4.78, 5) is 26.0. The van der Waals surface area contributed by atoms with Gasteiger partial charge in [-0.15, -0.1) is 0 Å². The summed E-state index contributed by atoms with van der Waals surface area (Å²) in [7, 11) is -0.800. The Bertz CT molecular complexity index is 1540. The number of carbonyl (C=O) groups is 1. The van der Waals surface area contributed by atoms with E-state index >= 15 is 0 Å². The first kappa shape index (κ1) is 31.3. The second-order valence-electron chi connectivity index (χ2n) is 7.96. The Labute approximate surface area is 218 Å². The first-order valence-corrected chi connectivity index (χ1v) is 12.1. The van der Waals surface area contributed by atoms with E-state index in [1.807, 2.05) is 0 Å². The quantitative estimate of drug-likeness (QED) is 0.406. The summed E-state index contributed by atoms with van der Waals surface area (Å²) in [5.74, 6) is -2.51. The molecule has 212 valence electrons. The van der Waals surface area contributed by atoms with Crippen molar-refractivity contribution in [1.29, 1.82) is 0 Å². The zero-order valence-electron chi connectivity index (χ0n) is 20.6. The van der Waals surface area contributed by atoms with Gasteiger partial charge >= 0.3 is 17.8 Å². The molecule has 0 bridgehead atoms. The van der Waals surface area contributed by atoms with Crippen molar-refractivity contribution in [2.45, 2.75) is 24.5 Å². The van der Waals surface area contributed by atoms with Crippen LogP contribution in [0.5, 0.6) is 0 Å². The second kappa shape index (κ2) is 12.3. The number of carboxylic acids is 1. The molecule has 0 fully saturated rings. The number of nitrogens with zero attached hydrogens (tertiary/aromatic N) is 5. The van der Waals surface area contributed by atoms with Crippen molar-refractivity contribution in [3.63, 3.8) is 0 Å². The fraction of sp³-hybridized carbons (Fsp3) is 0.273. The topological polar surface area (TPSA) is 153 Å².